The Kier molecular flexibility index (Phi) is 6.75. The van der Waals surface area contributed by atoms with E-state index in [4.69, 9.17) is 9.47 Å². The molecule has 8 nitrogen and oxygen atoms in total. The highest BCUT2D eigenvalue weighted by atomic mass is 32.1. The van der Waals surface area contributed by atoms with Gasteiger partial charge in [0.1, 0.15) is 5.00 Å². The van der Waals surface area contributed by atoms with Crippen LogP contribution < -0.4 is 10.6 Å². The molecule has 2 amide bonds. The summed E-state index contributed by atoms with van der Waals surface area (Å²) in [5.41, 5.74) is 1.72. The summed E-state index contributed by atoms with van der Waals surface area (Å²) in [6.07, 6.45) is -0.590. The minimum atomic E-state index is -0.590. The quantitative estimate of drug-likeness (QED) is 0.806. The molecule has 128 valence electrons. The number of ether oxygens (including phenoxy) is 2. The minimum Gasteiger partial charge on any atom is -0.450 e. The molecule has 0 saturated carbocycles. The second kappa shape index (κ2) is 8.80. The van der Waals surface area contributed by atoms with Gasteiger partial charge >= 0.3 is 6.09 Å². The number of nitrogens with one attached hydrogen (secondary N) is 2. The van der Waals surface area contributed by atoms with Crippen molar-refractivity contribution in [3.8, 4) is 0 Å². The van der Waals surface area contributed by atoms with E-state index in [1.54, 1.807) is 6.92 Å². The molecule has 0 aromatic carbocycles. The van der Waals surface area contributed by atoms with Crippen LogP contribution in [-0.4, -0.2) is 67.4 Å². The second-order valence-electron chi connectivity index (χ2n) is 5.09. The number of anilines is 1. The molecule has 9 heteroatoms. The highest BCUT2D eigenvalue weighted by Crippen LogP contribution is 2.20. The summed E-state index contributed by atoms with van der Waals surface area (Å²) in [6, 6.07) is 0.348. The first kappa shape index (κ1) is 17.6. The van der Waals surface area contributed by atoms with E-state index in [1.165, 1.54) is 16.8 Å². The molecule has 1 aliphatic rings. The maximum Gasteiger partial charge on any atom is 0.412 e. The molecule has 1 aliphatic heterocycles. The molecular formula is C14H22N4O4S. The first-order valence-electron chi connectivity index (χ1n) is 7.59. The number of carbonyl (C=O) groups is 2. The monoisotopic (exact) mass is 342 g/mol. The second-order valence-corrected chi connectivity index (χ2v) is 5.95. The van der Waals surface area contributed by atoms with Crippen LogP contribution in [0.15, 0.2) is 5.51 Å². The van der Waals surface area contributed by atoms with Crippen LogP contribution in [0, 0.1) is 0 Å². The van der Waals surface area contributed by atoms with Crippen LogP contribution >= 0.6 is 11.3 Å². The number of amides is 2. The van der Waals surface area contributed by atoms with Gasteiger partial charge in [-0.1, -0.05) is 0 Å². The zero-order valence-corrected chi connectivity index (χ0v) is 14.1. The van der Waals surface area contributed by atoms with Crippen LogP contribution in [0.3, 0.4) is 0 Å². The summed E-state index contributed by atoms with van der Waals surface area (Å²) < 4.78 is 10.2. The topological polar surface area (TPSA) is 92.8 Å². The Bertz CT molecular complexity index is 537. The zero-order chi connectivity index (χ0) is 16.7. The van der Waals surface area contributed by atoms with Gasteiger partial charge in [0.05, 0.1) is 25.3 Å². The van der Waals surface area contributed by atoms with Gasteiger partial charge in [0.25, 0.3) is 5.91 Å². The van der Waals surface area contributed by atoms with Crippen molar-refractivity contribution in [2.45, 2.75) is 19.9 Å². The van der Waals surface area contributed by atoms with Crippen LogP contribution in [0.2, 0.25) is 0 Å². The third-order valence-corrected chi connectivity index (χ3v) is 4.21. The Balaban J connectivity index is 1.81. The van der Waals surface area contributed by atoms with Crippen LogP contribution in [0.4, 0.5) is 9.80 Å². The lowest BCUT2D eigenvalue weighted by molar-refractivity contribution is 0.000536. The Labute approximate surface area is 139 Å². The third kappa shape index (κ3) is 5.15. The molecular weight excluding hydrogens is 320 g/mol. The standard InChI is InChI=1S/C14H22N4O4S/c1-3-22-14(20)17-13-11(16-9-23-13)12(19)15-4-5-18-6-7-21-8-10(18)2/h9-10H,3-8H2,1-2H3,(H,15,19)(H,17,20). The maximum atomic E-state index is 12.2. The molecule has 0 radical (unpaired) electrons. The van der Waals surface area contributed by atoms with Gasteiger partial charge in [0, 0.05) is 25.7 Å². The first-order valence-corrected chi connectivity index (χ1v) is 8.47. The van der Waals surface area contributed by atoms with E-state index in [2.05, 4.69) is 27.4 Å². The van der Waals surface area contributed by atoms with Crippen molar-refractivity contribution >= 4 is 28.3 Å². The maximum absolute atomic E-state index is 12.2. The van der Waals surface area contributed by atoms with Crippen LogP contribution in [-0.2, 0) is 9.47 Å². The van der Waals surface area contributed by atoms with Gasteiger partial charge in [-0.3, -0.25) is 15.0 Å². The number of rotatable bonds is 6. The van der Waals surface area contributed by atoms with Crippen molar-refractivity contribution in [3.05, 3.63) is 11.2 Å². The van der Waals surface area contributed by atoms with E-state index >= 15 is 0 Å². The van der Waals surface area contributed by atoms with E-state index in [9.17, 15) is 9.59 Å². The number of nitrogens with zero attached hydrogens (tertiary/aromatic N) is 2. The molecule has 2 rings (SSSR count). The summed E-state index contributed by atoms with van der Waals surface area (Å²) >= 11 is 1.18. The van der Waals surface area contributed by atoms with Gasteiger partial charge in [-0.05, 0) is 13.8 Å². The predicted octanol–water partition coefficient (Wildman–Crippen LogP) is 1.16. The van der Waals surface area contributed by atoms with Crippen molar-refractivity contribution in [3.63, 3.8) is 0 Å². The minimum absolute atomic E-state index is 0.207. The van der Waals surface area contributed by atoms with Crippen LogP contribution in [0.5, 0.6) is 0 Å². The van der Waals surface area contributed by atoms with Gasteiger partial charge < -0.3 is 14.8 Å². The molecule has 1 aromatic heterocycles. The van der Waals surface area contributed by atoms with E-state index in [1.807, 2.05) is 0 Å². The molecule has 1 saturated heterocycles. The number of hydrogen-bond donors (Lipinski definition) is 2. The molecule has 1 aromatic rings. The Hall–Kier alpha value is -1.71. The number of carbonyl (C=O) groups excluding carboxylic acids is 2. The number of aromatic nitrogens is 1. The lowest BCUT2D eigenvalue weighted by Gasteiger charge is -2.33. The Morgan fingerprint density at radius 2 is 2.39 bits per heavy atom. The summed E-state index contributed by atoms with van der Waals surface area (Å²) in [5, 5.41) is 5.75. The molecule has 1 fully saturated rings. The van der Waals surface area contributed by atoms with Crippen molar-refractivity contribution in [2.24, 2.45) is 0 Å². The Morgan fingerprint density at radius 3 is 3.13 bits per heavy atom. The van der Waals surface area contributed by atoms with E-state index in [0.29, 0.717) is 24.2 Å². The van der Waals surface area contributed by atoms with Gasteiger partial charge in [0.2, 0.25) is 0 Å². The molecule has 0 aliphatic carbocycles. The normalized spacial score (nSPS) is 18.4. The van der Waals surface area contributed by atoms with Gasteiger partial charge in [-0.25, -0.2) is 9.78 Å². The number of morpholine rings is 1. The third-order valence-electron chi connectivity index (χ3n) is 3.46. The summed E-state index contributed by atoms with van der Waals surface area (Å²) in [6.45, 7) is 7.65. The van der Waals surface area contributed by atoms with Crippen molar-refractivity contribution in [1.82, 2.24) is 15.2 Å². The van der Waals surface area contributed by atoms with Crippen molar-refractivity contribution in [1.29, 1.82) is 0 Å². The molecule has 1 atom stereocenters. The fraction of sp³-hybridized carbons (Fsp3) is 0.643. The molecule has 23 heavy (non-hydrogen) atoms. The summed E-state index contributed by atoms with van der Waals surface area (Å²) in [7, 11) is 0. The molecule has 0 bridgehead atoms. The van der Waals surface area contributed by atoms with Crippen LogP contribution in [0.1, 0.15) is 24.3 Å². The lowest BCUT2D eigenvalue weighted by Crippen LogP contribution is -2.46. The molecule has 1 unspecified atom stereocenters. The smallest absolute Gasteiger partial charge is 0.412 e. The SMILES string of the molecule is CCOC(=O)Nc1scnc1C(=O)NCCN1CCOCC1C. The highest BCUT2D eigenvalue weighted by molar-refractivity contribution is 7.14. The fourth-order valence-corrected chi connectivity index (χ4v) is 2.91. The molecule has 0 spiro atoms. The largest absolute Gasteiger partial charge is 0.450 e. The highest BCUT2D eigenvalue weighted by Gasteiger charge is 2.20. The van der Waals surface area contributed by atoms with E-state index in [0.717, 1.165) is 19.7 Å². The first-order chi connectivity index (χ1) is 11.1. The number of hydrogen-bond acceptors (Lipinski definition) is 7. The Morgan fingerprint density at radius 1 is 1.57 bits per heavy atom. The summed E-state index contributed by atoms with van der Waals surface area (Å²) in [4.78, 5) is 29.9. The average Bonchev–Trinajstić information content (AvgIpc) is 2.97. The average molecular weight is 342 g/mol. The van der Waals surface area contributed by atoms with E-state index < -0.39 is 6.09 Å². The van der Waals surface area contributed by atoms with E-state index in [-0.39, 0.29) is 18.2 Å². The van der Waals surface area contributed by atoms with Crippen LogP contribution in [0.25, 0.3) is 0 Å². The molecule has 2 heterocycles. The van der Waals surface area contributed by atoms with Crippen molar-refractivity contribution in [2.75, 3.05) is 44.8 Å². The van der Waals surface area contributed by atoms with Gasteiger partial charge in [0.15, 0.2) is 5.69 Å². The fourth-order valence-electron chi connectivity index (χ4n) is 2.25. The lowest BCUT2D eigenvalue weighted by atomic mass is 10.2. The summed E-state index contributed by atoms with van der Waals surface area (Å²) in [5.74, 6) is -0.307. The zero-order valence-electron chi connectivity index (χ0n) is 13.3. The van der Waals surface area contributed by atoms with Gasteiger partial charge in [-0.2, -0.15) is 0 Å². The molecule has 2 N–H and O–H groups in total. The number of thiazole rings is 1. The predicted molar refractivity (Wildman–Crippen MR) is 86.9 cm³/mol. The van der Waals surface area contributed by atoms with Gasteiger partial charge in [-0.15, -0.1) is 11.3 Å². The van der Waals surface area contributed by atoms with Crippen molar-refractivity contribution < 1.29 is 19.1 Å².